The number of hydrogen-bond acceptors (Lipinski definition) is 5. The number of unbranched alkanes of at least 4 members (excludes halogenated alkanes) is 66. The SMILES string of the molecule is CCCCCCCCCCCCCCCCCCCCCCCC(O)C(CO)NC(=O)CCCCCCCCCCCCCCCCCCCCCCCCCCCCCCCCCCCCCOC(=O)CCCCCCCCCCCCCCC. The van der Waals surface area contributed by atoms with Crippen molar-refractivity contribution < 1.29 is 24.5 Å². The Morgan fingerprint density at radius 3 is 0.709 bits per heavy atom. The first-order chi connectivity index (χ1) is 42.5. The van der Waals surface area contributed by atoms with Gasteiger partial charge in [-0.15, -0.1) is 0 Å². The molecule has 0 saturated carbocycles. The monoisotopic (exact) mass is 1210 g/mol. The van der Waals surface area contributed by atoms with Crippen LogP contribution in [0.2, 0.25) is 0 Å². The van der Waals surface area contributed by atoms with Gasteiger partial charge in [-0.25, -0.2) is 0 Å². The molecule has 3 N–H and O–H groups in total. The van der Waals surface area contributed by atoms with Crippen molar-refractivity contribution in [2.24, 2.45) is 0 Å². The molecule has 0 saturated heterocycles. The second-order valence-corrected chi connectivity index (χ2v) is 28.1. The van der Waals surface area contributed by atoms with Gasteiger partial charge in [-0.2, -0.15) is 0 Å². The highest BCUT2D eigenvalue weighted by Gasteiger charge is 2.20. The van der Waals surface area contributed by atoms with E-state index in [4.69, 9.17) is 4.74 Å². The van der Waals surface area contributed by atoms with E-state index < -0.39 is 12.1 Å². The van der Waals surface area contributed by atoms with Crippen molar-refractivity contribution in [3.05, 3.63) is 0 Å². The molecule has 0 spiro atoms. The number of aliphatic hydroxyl groups is 2. The Hall–Kier alpha value is -1.14. The van der Waals surface area contributed by atoms with Crippen molar-refractivity contribution in [2.75, 3.05) is 13.2 Å². The number of carbonyl (C=O) groups excluding carboxylic acids is 2. The van der Waals surface area contributed by atoms with Gasteiger partial charge < -0.3 is 20.3 Å². The van der Waals surface area contributed by atoms with Crippen molar-refractivity contribution in [1.29, 1.82) is 0 Å². The van der Waals surface area contributed by atoms with E-state index in [2.05, 4.69) is 19.2 Å². The van der Waals surface area contributed by atoms with Gasteiger partial charge >= 0.3 is 5.97 Å². The van der Waals surface area contributed by atoms with Crippen LogP contribution in [0.4, 0.5) is 0 Å². The maximum absolute atomic E-state index is 12.6. The molecule has 514 valence electrons. The average molecular weight is 1220 g/mol. The number of esters is 1. The molecule has 0 aliphatic heterocycles. The van der Waals surface area contributed by atoms with Gasteiger partial charge in [0, 0.05) is 12.8 Å². The average Bonchev–Trinajstić information content (AvgIpc) is 3.57. The number of rotatable bonds is 77. The Morgan fingerprint density at radius 1 is 0.279 bits per heavy atom. The van der Waals surface area contributed by atoms with E-state index in [1.165, 1.54) is 405 Å². The molecule has 0 aromatic heterocycles. The Balaban J connectivity index is 3.30. The number of ether oxygens (including phenoxy) is 1. The maximum atomic E-state index is 12.6. The smallest absolute Gasteiger partial charge is 0.305 e. The first-order valence-electron chi connectivity index (χ1n) is 40.3. The van der Waals surface area contributed by atoms with Crippen molar-refractivity contribution in [3.63, 3.8) is 0 Å². The third-order valence-corrected chi connectivity index (χ3v) is 19.4. The summed E-state index contributed by atoms with van der Waals surface area (Å²) in [6.45, 7) is 5.02. The van der Waals surface area contributed by atoms with Gasteiger partial charge in [0.2, 0.25) is 5.91 Å². The first-order valence-corrected chi connectivity index (χ1v) is 40.3. The third kappa shape index (κ3) is 71.9. The molecule has 2 atom stereocenters. The van der Waals surface area contributed by atoms with Crippen LogP contribution in [-0.4, -0.2) is 47.4 Å². The number of nitrogens with one attached hydrogen (secondary N) is 1. The van der Waals surface area contributed by atoms with Crippen LogP contribution in [0.25, 0.3) is 0 Å². The molecule has 86 heavy (non-hydrogen) atoms. The van der Waals surface area contributed by atoms with Crippen LogP contribution in [0, 0.1) is 0 Å². The summed E-state index contributed by atoms with van der Waals surface area (Å²) >= 11 is 0. The van der Waals surface area contributed by atoms with Crippen molar-refractivity contribution in [2.45, 2.75) is 488 Å². The van der Waals surface area contributed by atoms with Gasteiger partial charge in [0.15, 0.2) is 0 Å². The lowest BCUT2D eigenvalue weighted by Gasteiger charge is -2.22. The van der Waals surface area contributed by atoms with Crippen LogP contribution in [0.15, 0.2) is 0 Å². The number of amides is 1. The van der Waals surface area contributed by atoms with Gasteiger partial charge in [-0.1, -0.05) is 438 Å². The zero-order chi connectivity index (χ0) is 62.0. The number of carbonyl (C=O) groups is 2. The van der Waals surface area contributed by atoms with E-state index in [9.17, 15) is 19.8 Å². The normalized spacial score (nSPS) is 12.4. The van der Waals surface area contributed by atoms with E-state index >= 15 is 0 Å². The Kier molecular flexibility index (Phi) is 75.3. The summed E-state index contributed by atoms with van der Waals surface area (Å²) in [4.78, 5) is 24.6. The summed E-state index contributed by atoms with van der Waals surface area (Å²) < 4.78 is 5.50. The quantitative estimate of drug-likeness (QED) is 0.0417. The highest BCUT2D eigenvalue weighted by Crippen LogP contribution is 2.21. The lowest BCUT2D eigenvalue weighted by molar-refractivity contribution is -0.143. The fourth-order valence-electron chi connectivity index (χ4n) is 13.3. The topological polar surface area (TPSA) is 95.9 Å². The van der Waals surface area contributed by atoms with Crippen LogP contribution < -0.4 is 5.32 Å². The second kappa shape index (κ2) is 76.3. The molecular weight excluding hydrogens is 1050 g/mol. The minimum Gasteiger partial charge on any atom is -0.466 e. The van der Waals surface area contributed by atoms with Gasteiger partial charge in [0.25, 0.3) is 0 Å². The Labute approximate surface area is 540 Å². The van der Waals surface area contributed by atoms with Crippen LogP contribution in [-0.2, 0) is 14.3 Å². The fraction of sp³-hybridized carbons (Fsp3) is 0.975. The molecule has 2 unspecified atom stereocenters. The lowest BCUT2D eigenvalue weighted by atomic mass is 10.0. The lowest BCUT2D eigenvalue weighted by Crippen LogP contribution is -2.45. The summed E-state index contributed by atoms with van der Waals surface area (Å²) in [7, 11) is 0. The highest BCUT2D eigenvalue weighted by molar-refractivity contribution is 5.76. The van der Waals surface area contributed by atoms with E-state index in [1.54, 1.807) is 0 Å². The molecule has 0 heterocycles. The molecular formula is C80H159NO5. The molecule has 0 fully saturated rings. The summed E-state index contributed by atoms with van der Waals surface area (Å²) in [5.74, 6) is 0.00206. The molecule has 6 heteroatoms. The summed E-state index contributed by atoms with van der Waals surface area (Å²) in [5, 5.41) is 23.5. The zero-order valence-electron chi connectivity index (χ0n) is 59.1. The molecule has 6 nitrogen and oxygen atoms in total. The summed E-state index contributed by atoms with van der Waals surface area (Å²) in [6.07, 6.45) is 94.9. The summed E-state index contributed by atoms with van der Waals surface area (Å²) in [5.41, 5.74) is 0. The molecule has 0 bridgehead atoms. The van der Waals surface area contributed by atoms with Gasteiger partial charge in [0.1, 0.15) is 0 Å². The standard InChI is InChI=1S/C80H159NO5/c1-3-5-7-9-11-13-15-17-18-19-20-36-39-42-45-49-52-56-60-64-68-72-78(83)77(76-82)81-79(84)73-69-65-61-57-53-50-46-43-40-37-34-32-30-28-26-24-22-21-23-25-27-29-31-33-35-38-41-44-47-51-55-59-63-67-71-75-86-80(85)74-70-66-62-58-54-48-16-14-12-10-8-6-4-2/h77-78,82-83H,3-76H2,1-2H3,(H,81,84). The minimum absolute atomic E-state index is 0.0235. The Bertz CT molecular complexity index is 1260. The molecule has 1 amide bonds. The highest BCUT2D eigenvalue weighted by atomic mass is 16.5. The van der Waals surface area contributed by atoms with Crippen molar-refractivity contribution in [3.8, 4) is 0 Å². The molecule has 0 rings (SSSR count). The fourth-order valence-corrected chi connectivity index (χ4v) is 13.3. The van der Waals surface area contributed by atoms with Gasteiger partial charge in [-0.05, 0) is 25.7 Å². The number of hydrogen-bond donors (Lipinski definition) is 3. The predicted octanol–water partition coefficient (Wildman–Crippen LogP) is 26.5. The number of aliphatic hydroxyl groups excluding tert-OH is 2. The third-order valence-electron chi connectivity index (χ3n) is 19.4. The molecule has 0 radical (unpaired) electrons. The van der Waals surface area contributed by atoms with Crippen molar-refractivity contribution in [1.82, 2.24) is 5.32 Å². The van der Waals surface area contributed by atoms with Crippen LogP contribution >= 0.6 is 0 Å². The van der Waals surface area contributed by atoms with Crippen LogP contribution in [0.3, 0.4) is 0 Å². The molecule has 0 aromatic carbocycles. The second-order valence-electron chi connectivity index (χ2n) is 28.1. The van der Waals surface area contributed by atoms with E-state index in [0.29, 0.717) is 25.9 Å². The van der Waals surface area contributed by atoms with E-state index in [1.807, 2.05) is 0 Å². The first kappa shape index (κ1) is 84.9. The van der Waals surface area contributed by atoms with Crippen LogP contribution in [0.5, 0.6) is 0 Å². The largest absolute Gasteiger partial charge is 0.466 e. The molecule has 0 aliphatic rings. The van der Waals surface area contributed by atoms with Crippen LogP contribution in [0.1, 0.15) is 476 Å². The van der Waals surface area contributed by atoms with Crippen molar-refractivity contribution >= 4 is 11.9 Å². The Morgan fingerprint density at radius 2 is 0.477 bits per heavy atom. The van der Waals surface area contributed by atoms with Gasteiger partial charge in [0.05, 0.1) is 25.4 Å². The van der Waals surface area contributed by atoms with E-state index in [-0.39, 0.29) is 18.5 Å². The molecule has 0 aliphatic carbocycles. The van der Waals surface area contributed by atoms with E-state index in [0.717, 1.165) is 38.5 Å². The predicted molar refractivity (Wildman–Crippen MR) is 380 cm³/mol. The summed E-state index contributed by atoms with van der Waals surface area (Å²) in [6, 6.07) is -0.537. The molecule has 0 aromatic rings. The maximum Gasteiger partial charge on any atom is 0.305 e. The zero-order valence-corrected chi connectivity index (χ0v) is 59.1. The minimum atomic E-state index is -0.661. The van der Waals surface area contributed by atoms with Gasteiger partial charge in [-0.3, -0.25) is 9.59 Å².